The second-order valence-electron chi connectivity index (χ2n) is 3.15. The second kappa shape index (κ2) is 5.42. The molecule has 1 atom stereocenters. The van der Waals surface area contributed by atoms with Crippen molar-refractivity contribution in [3.05, 3.63) is 22.3 Å². The van der Waals surface area contributed by atoms with Gasteiger partial charge < -0.3 is 4.74 Å². The van der Waals surface area contributed by atoms with Crippen molar-refractivity contribution >= 4 is 23.1 Å². The summed E-state index contributed by atoms with van der Waals surface area (Å²) in [6, 6.07) is 0. The molecule has 0 aliphatic carbocycles. The number of methoxy groups -OCH3 is 1. The quantitative estimate of drug-likeness (QED) is 0.831. The summed E-state index contributed by atoms with van der Waals surface area (Å²) in [6.07, 6.45) is 1.77. The van der Waals surface area contributed by atoms with Crippen LogP contribution in [0.4, 0.5) is 0 Å². The minimum absolute atomic E-state index is 0.0656. The number of nitrogens with zero attached hydrogens (tertiary/aromatic N) is 3. The summed E-state index contributed by atoms with van der Waals surface area (Å²) in [7, 11) is 1.69. The van der Waals surface area contributed by atoms with Crippen molar-refractivity contribution in [2.45, 2.75) is 23.8 Å². The molecule has 0 aliphatic heterocycles. The molecule has 0 bridgehead atoms. The lowest BCUT2D eigenvalue weighted by Gasteiger charge is -2.03. The molecule has 1 N–H and O–H groups in total. The smallest absolute Gasteiger partial charge is 0.139 e. The van der Waals surface area contributed by atoms with Gasteiger partial charge in [-0.2, -0.15) is 10.3 Å². The van der Waals surface area contributed by atoms with Gasteiger partial charge in [0.15, 0.2) is 0 Å². The van der Waals surface area contributed by atoms with Crippen LogP contribution >= 0.6 is 23.1 Å². The highest BCUT2D eigenvalue weighted by atomic mass is 32.2. The summed E-state index contributed by atoms with van der Waals surface area (Å²) in [4.78, 5) is 4.49. The fourth-order valence-corrected chi connectivity index (χ4v) is 2.72. The molecule has 16 heavy (non-hydrogen) atoms. The molecule has 0 saturated carbocycles. The second-order valence-corrected chi connectivity index (χ2v) is 5.04. The predicted molar refractivity (Wildman–Crippen MR) is 63.5 cm³/mol. The Kier molecular flexibility index (Phi) is 3.92. The number of rotatable bonds is 5. The Morgan fingerprint density at radius 3 is 3.19 bits per heavy atom. The van der Waals surface area contributed by atoms with Crippen molar-refractivity contribution < 1.29 is 4.74 Å². The van der Waals surface area contributed by atoms with Crippen molar-refractivity contribution in [1.29, 1.82) is 0 Å². The summed E-state index contributed by atoms with van der Waals surface area (Å²) in [5.74, 6) is 0.805. The van der Waals surface area contributed by atoms with Crippen molar-refractivity contribution in [2.24, 2.45) is 0 Å². The van der Waals surface area contributed by atoms with E-state index in [4.69, 9.17) is 4.74 Å². The Hall–Kier alpha value is -0.920. The minimum Gasteiger partial charge on any atom is -0.375 e. The number of aromatic nitrogens is 4. The van der Waals surface area contributed by atoms with E-state index in [1.807, 2.05) is 6.92 Å². The van der Waals surface area contributed by atoms with Gasteiger partial charge >= 0.3 is 0 Å². The van der Waals surface area contributed by atoms with E-state index in [0.29, 0.717) is 0 Å². The molecule has 7 heteroatoms. The summed E-state index contributed by atoms with van der Waals surface area (Å²) < 4.78 is 5.21. The highest BCUT2D eigenvalue weighted by Gasteiger charge is 2.09. The number of thiazole rings is 1. The third-order valence-electron chi connectivity index (χ3n) is 2.03. The lowest BCUT2D eigenvalue weighted by molar-refractivity contribution is 0.119. The zero-order valence-corrected chi connectivity index (χ0v) is 10.6. The Morgan fingerprint density at radius 2 is 2.50 bits per heavy atom. The van der Waals surface area contributed by atoms with Crippen LogP contribution in [0.2, 0.25) is 0 Å². The molecule has 86 valence electrons. The van der Waals surface area contributed by atoms with Crippen LogP contribution in [0.5, 0.6) is 0 Å². The van der Waals surface area contributed by atoms with E-state index < -0.39 is 0 Å². The van der Waals surface area contributed by atoms with Crippen molar-refractivity contribution in [2.75, 3.05) is 7.11 Å². The van der Waals surface area contributed by atoms with Gasteiger partial charge in [0.1, 0.15) is 16.1 Å². The van der Waals surface area contributed by atoms with E-state index in [9.17, 15) is 0 Å². The molecule has 0 fully saturated rings. The van der Waals surface area contributed by atoms with Gasteiger partial charge in [0, 0.05) is 18.2 Å². The van der Waals surface area contributed by atoms with Crippen LogP contribution in [0.15, 0.2) is 16.6 Å². The Labute approximate surface area is 102 Å². The van der Waals surface area contributed by atoms with Crippen LogP contribution in [0, 0.1) is 0 Å². The SMILES string of the molecule is CO[C@H](C)c1nc(CSc2cn[nH]n2)cs1. The first-order chi connectivity index (χ1) is 7.79. The summed E-state index contributed by atoms with van der Waals surface area (Å²) >= 11 is 3.24. The third-order valence-corrected chi connectivity index (χ3v) is 4.02. The summed E-state index contributed by atoms with van der Waals surface area (Å²) in [5.41, 5.74) is 1.05. The third kappa shape index (κ3) is 2.81. The van der Waals surface area contributed by atoms with E-state index in [1.54, 1.807) is 36.4 Å². The van der Waals surface area contributed by atoms with Crippen molar-refractivity contribution in [3.63, 3.8) is 0 Å². The van der Waals surface area contributed by atoms with Crippen LogP contribution in [0.25, 0.3) is 0 Å². The maximum Gasteiger partial charge on any atom is 0.139 e. The number of thioether (sulfide) groups is 1. The van der Waals surface area contributed by atoms with Gasteiger partial charge in [0.25, 0.3) is 0 Å². The van der Waals surface area contributed by atoms with Gasteiger partial charge in [0.2, 0.25) is 0 Å². The Balaban J connectivity index is 1.93. The first-order valence-corrected chi connectivity index (χ1v) is 6.61. The van der Waals surface area contributed by atoms with E-state index in [0.717, 1.165) is 21.5 Å². The number of nitrogens with one attached hydrogen (secondary N) is 1. The number of aromatic amines is 1. The van der Waals surface area contributed by atoms with Crippen molar-refractivity contribution in [1.82, 2.24) is 20.4 Å². The minimum atomic E-state index is 0.0656. The number of hydrogen-bond acceptors (Lipinski definition) is 6. The van der Waals surface area contributed by atoms with Gasteiger partial charge in [-0.05, 0) is 6.92 Å². The van der Waals surface area contributed by atoms with Gasteiger partial charge in [-0.15, -0.1) is 16.4 Å². The van der Waals surface area contributed by atoms with Gasteiger partial charge in [-0.1, -0.05) is 11.8 Å². The van der Waals surface area contributed by atoms with Gasteiger partial charge in [-0.25, -0.2) is 4.98 Å². The molecule has 2 heterocycles. The van der Waals surface area contributed by atoms with Crippen molar-refractivity contribution in [3.8, 4) is 0 Å². The monoisotopic (exact) mass is 256 g/mol. The summed E-state index contributed by atoms with van der Waals surface area (Å²) in [6.45, 7) is 1.99. The van der Waals surface area contributed by atoms with E-state index in [2.05, 4.69) is 25.8 Å². The zero-order valence-electron chi connectivity index (χ0n) is 9.01. The molecule has 2 aromatic rings. The largest absolute Gasteiger partial charge is 0.375 e. The number of ether oxygens (including phenoxy) is 1. The molecule has 0 saturated heterocycles. The fourth-order valence-electron chi connectivity index (χ4n) is 1.08. The van der Waals surface area contributed by atoms with Crippen LogP contribution in [0.1, 0.15) is 23.7 Å². The van der Waals surface area contributed by atoms with E-state index >= 15 is 0 Å². The topological polar surface area (TPSA) is 63.7 Å². The standard InChI is InChI=1S/C9H12N4OS2/c1-6(14-2)9-11-7(5-16-9)4-15-8-3-10-13-12-8/h3,5-6H,4H2,1-2H3,(H,10,12,13)/t6-/m1/s1. The van der Waals surface area contributed by atoms with Crippen LogP contribution in [-0.4, -0.2) is 27.5 Å². The molecule has 2 rings (SSSR count). The van der Waals surface area contributed by atoms with E-state index in [-0.39, 0.29) is 6.10 Å². The number of hydrogen-bond donors (Lipinski definition) is 1. The highest BCUT2D eigenvalue weighted by Crippen LogP contribution is 2.24. The van der Waals surface area contributed by atoms with Gasteiger partial charge in [-0.3, -0.25) is 0 Å². The molecule has 2 aromatic heterocycles. The number of H-pyrrole nitrogens is 1. The predicted octanol–water partition coefficient (Wildman–Crippen LogP) is 2.26. The molecule has 0 spiro atoms. The maximum absolute atomic E-state index is 5.21. The molecule has 0 radical (unpaired) electrons. The normalized spacial score (nSPS) is 12.9. The maximum atomic E-state index is 5.21. The molecule has 5 nitrogen and oxygen atoms in total. The lowest BCUT2D eigenvalue weighted by Crippen LogP contribution is -1.94. The van der Waals surface area contributed by atoms with E-state index in [1.165, 1.54) is 0 Å². The summed E-state index contributed by atoms with van der Waals surface area (Å²) in [5, 5.41) is 14.2. The molecular weight excluding hydrogens is 244 g/mol. The van der Waals surface area contributed by atoms with Crippen LogP contribution in [0.3, 0.4) is 0 Å². The molecule has 0 amide bonds. The Morgan fingerprint density at radius 1 is 1.62 bits per heavy atom. The Bertz CT molecular complexity index is 428. The first kappa shape index (κ1) is 11.6. The van der Waals surface area contributed by atoms with Crippen LogP contribution in [-0.2, 0) is 10.5 Å². The first-order valence-electron chi connectivity index (χ1n) is 4.75. The van der Waals surface area contributed by atoms with Gasteiger partial charge in [0.05, 0.1) is 11.9 Å². The average Bonchev–Trinajstić information content (AvgIpc) is 2.96. The molecular formula is C9H12N4OS2. The highest BCUT2D eigenvalue weighted by molar-refractivity contribution is 7.98. The lowest BCUT2D eigenvalue weighted by atomic mass is 10.4. The molecule has 0 unspecified atom stereocenters. The van der Waals surface area contributed by atoms with Crippen LogP contribution < -0.4 is 0 Å². The average molecular weight is 256 g/mol. The fraction of sp³-hybridized carbons (Fsp3) is 0.444. The molecule has 0 aliphatic rings. The zero-order chi connectivity index (χ0) is 11.4. The molecule has 0 aromatic carbocycles.